The molecule has 2 aromatic rings. The number of hydrogen-bond acceptors (Lipinski definition) is 4. The molecule has 0 spiro atoms. The third-order valence-electron chi connectivity index (χ3n) is 2.99. The van der Waals surface area contributed by atoms with Gasteiger partial charge in [-0.05, 0) is 55.0 Å². The van der Waals surface area contributed by atoms with Crippen molar-refractivity contribution in [2.75, 3.05) is 19.0 Å². The number of halogens is 1. The third kappa shape index (κ3) is 4.92. The Morgan fingerprint density at radius 1 is 1.25 bits per heavy atom. The van der Waals surface area contributed by atoms with Gasteiger partial charge in [-0.25, -0.2) is 4.39 Å². The standard InChI is InChI=1S/C17H18FN3O2S/c1-3-23-15-9-8-12(10-16(15)22-2)11-19-21-17(24)20-14-7-5-4-6-13(14)18/h4-11H,3H2,1-2H3,(H2,20,21,24)/b19-11-. The Labute approximate surface area is 145 Å². The van der Waals surface area contributed by atoms with Crippen LogP contribution in [-0.4, -0.2) is 25.0 Å². The minimum Gasteiger partial charge on any atom is -0.493 e. The molecule has 24 heavy (non-hydrogen) atoms. The lowest BCUT2D eigenvalue weighted by atomic mass is 10.2. The van der Waals surface area contributed by atoms with Gasteiger partial charge in [0.1, 0.15) is 5.82 Å². The second kappa shape index (κ2) is 8.83. The van der Waals surface area contributed by atoms with Crippen LogP contribution >= 0.6 is 12.2 Å². The molecule has 2 N–H and O–H groups in total. The van der Waals surface area contributed by atoms with Crippen LogP contribution in [0.2, 0.25) is 0 Å². The van der Waals surface area contributed by atoms with E-state index in [1.165, 1.54) is 6.07 Å². The zero-order chi connectivity index (χ0) is 17.4. The Morgan fingerprint density at radius 3 is 2.75 bits per heavy atom. The number of rotatable bonds is 6. The summed E-state index contributed by atoms with van der Waals surface area (Å²) in [6.45, 7) is 2.46. The summed E-state index contributed by atoms with van der Waals surface area (Å²) in [7, 11) is 1.57. The zero-order valence-corrected chi connectivity index (χ0v) is 14.2. The molecule has 0 bridgehead atoms. The van der Waals surface area contributed by atoms with Crippen molar-refractivity contribution in [1.82, 2.24) is 5.43 Å². The fourth-order valence-electron chi connectivity index (χ4n) is 1.92. The van der Waals surface area contributed by atoms with Gasteiger partial charge in [0.15, 0.2) is 16.6 Å². The van der Waals surface area contributed by atoms with Gasteiger partial charge in [-0.15, -0.1) is 0 Å². The average molecular weight is 347 g/mol. The molecule has 2 rings (SSSR count). The molecule has 0 aromatic heterocycles. The van der Waals surface area contributed by atoms with Crippen molar-refractivity contribution in [1.29, 1.82) is 0 Å². The Kier molecular flexibility index (Phi) is 6.51. The van der Waals surface area contributed by atoms with Crippen molar-refractivity contribution in [2.45, 2.75) is 6.92 Å². The van der Waals surface area contributed by atoms with Crippen LogP contribution in [0.4, 0.5) is 10.1 Å². The maximum absolute atomic E-state index is 13.5. The molecule has 0 saturated heterocycles. The van der Waals surface area contributed by atoms with E-state index in [1.807, 2.05) is 13.0 Å². The predicted octanol–water partition coefficient (Wildman–Crippen LogP) is 3.55. The van der Waals surface area contributed by atoms with E-state index >= 15 is 0 Å². The van der Waals surface area contributed by atoms with Crippen molar-refractivity contribution >= 4 is 29.2 Å². The van der Waals surface area contributed by atoms with Gasteiger partial charge in [0, 0.05) is 0 Å². The monoisotopic (exact) mass is 347 g/mol. The summed E-state index contributed by atoms with van der Waals surface area (Å²) in [5.41, 5.74) is 3.72. The highest BCUT2D eigenvalue weighted by Gasteiger charge is 2.04. The third-order valence-corrected chi connectivity index (χ3v) is 3.18. The highest BCUT2D eigenvalue weighted by Crippen LogP contribution is 2.27. The molecule has 0 radical (unpaired) electrons. The second-order valence-corrected chi connectivity index (χ2v) is 5.06. The molecular weight excluding hydrogens is 329 g/mol. The minimum absolute atomic E-state index is 0.189. The van der Waals surface area contributed by atoms with E-state index in [9.17, 15) is 4.39 Å². The Hall–Kier alpha value is -2.67. The number of para-hydroxylation sites is 1. The van der Waals surface area contributed by atoms with Crippen LogP contribution < -0.4 is 20.2 Å². The summed E-state index contributed by atoms with van der Waals surface area (Å²) >= 11 is 5.07. The SMILES string of the molecule is CCOc1ccc(/C=N\NC(=S)Nc2ccccc2F)cc1OC. The van der Waals surface area contributed by atoms with E-state index in [0.717, 1.165) is 5.56 Å². The topological polar surface area (TPSA) is 54.9 Å². The molecule has 0 aliphatic heterocycles. The van der Waals surface area contributed by atoms with Gasteiger partial charge in [0.2, 0.25) is 0 Å². The molecular formula is C17H18FN3O2S. The molecule has 0 aliphatic carbocycles. The van der Waals surface area contributed by atoms with Crippen LogP contribution in [0.5, 0.6) is 11.5 Å². The van der Waals surface area contributed by atoms with Crippen molar-refractivity contribution in [3.63, 3.8) is 0 Å². The smallest absolute Gasteiger partial charge is 0.191 e. The Bertz CT molecular complexity index is 738. The Balaban J connectivity index is 1.96. The van der Waals surface area contributed by atoms with E-state index < -0.39 is 0 Å². The summed E-state index contributed by atoms with van der Waals surface area (Å²) in [5, 5.41) is 6.94. The molecule has 7 heteroatoms. The van der Waals surface area contributed by atoms with Crippen LogP contribution in [0.15, 0.2) is 47.6 Å². The van der Waals surface area contributed by atoms with Gasteiger partial charge in [0.05, 0.1) is 25.6 Å². The summed E-state index contributed by atoms with van der Waals surface area (Å²) in [6, 6.07) is 11.7. The number of anilines is 1. The first kappa shape index (κ1) is 17.7. The lowest BCUT2D eigenvalue weighted by Gasteiger charge is -2.09. The van der Waals surface area contributed by atoms with Crippen LogP contribution in [0.1, 0.15) is 12.5 Å². The lowest BCUT2D eigenvalue weighted by molar-refractivity contribution is 0.311. The number of nitrogens with one attached hydrogen (secondary N) is 2. The molecule has 126 valence electrons. The number of hydrazone groups is 1. The summed E-state index contributed by atoms with van der Waals surface area (Å²) in [6.07, 6.45) is 1.58. The average Bonchev–Trinajstić information content (AvgIpc) is 2.58. The molecule has 0 amide bonds. The molecule has 0 atom stereocenters. The molecule has 5 nitrogen and oxygen atoms in total. The van der Waals surface area contributed by atoms with Crippen molar-refractivity contribution in [3.8, 4) is 11.5 Å². The number of methoxy groups -OCH3 is 1. The highest BCUT2D eigenvalue weighted by atomic mass is 32.1. The van der Waals surface area contributed by atoms with E-state index in [0.29, 0.717) is 18.1 Å². The van der Waals surface area contributed by atoms with Gasteiger partial charge in [0.25, 0.3) is 0 Å². The molecule has 0 aliphatic rings. The number of benzene rings is 2. The number of hydrogen-bond donors (Lipinski definition) is 2. The van der Waals surface area contributed by atoms with Crippen molar-refractivity contribution in [3.05, 3.63) is 53.8 Å². The quantitative estimate of drug-likeness (QED) is 0.475. The van der Waals surface area contributed by atoms with Crippen LogP contribution in [0, 0.1) is 5.82 Å². The summed E-state index contributed by atoms with van der Waals surface area (Å²) in [5.74, 6) is 0.900. The first-order valence-electron chi connectivity index (χ1n) is 7.29. The van der Waals surface area contributed by atoms with Crippen LogP contribution in [0.25, 0.3) is 0 Å². The molecule has 0 saturated carbocycles. The van der Waals surface area contributed by atoms with Crippen molar-refractivity contribution < 1.29 is 13.9 Å². The van der Waals surface area contributed by atoms with E-state index in [2.05, 4.69) is 15.8 Å². The summed E-state index contributed by atoms with van der Waals surface area (Å²) < 4.78 is 24.2. The maximum atomic E-state index is 13.5. The van der Waals surface area contributed by atoms with Gasteiger partial charge in [-0.1, -0.05) is 12.1 Å². The van der Waals surface area contributed by atoms with E-state index in [-0.39, 0.29) is 16.6 Å². The molecule has 0 unspecified atom stereocenters. The van der Waals surface area contributed by atoms with Crippen molar-refractivity contribution in [2.24, 2.45) is 5.10 Å². The maximum Gasteiger partial charge on any atom is 0.191 e. The first-order valence-corrected chi connectivity index (χ1v) is 7.70. The zero-order valence-electron chi connectivity index (χ0n) is 13.4. The largest absolute Gasteiger partial charge is 0.493 e. The number of ether oxygens (including phenoxy) is 2. The molecule has 0 heterocycles. The van der Waals surface area contributed by atoms with E-state index in [1.54, 1.807) is 43.7 Å². The van der Waals surface area contributed by atoms with Gasteiger partial charge in [-0.2, -0.15) is 5.10 Å². The number of thiocarbonyl (C=S) groups is 1. The second-order valence-electron chi connectivity index (χ2n) is 4.65. The highest BCUT2D eigenvalue weighted by molar-refractivity contribution is 7.80. The van der Waals surface area contributed by atoms with E-state index in [4.69, 9.17) is 21.7 Å². The van der Waals surface area contributed by atoms with Gasteiger partial charge >= 0.3 is 0 Å². The summed E-state index contributed by atoms with van der Waals surface area (Å²) in [4.78, 5) is 0. The first-order chi connectivity index (χ1) is 11.6. The predicted molar refractivity (Wildman–Crippen MR) is 97.5 cm³/mol. The minimum atomic E-state index is -0.387. The fourth-order valence-corrected chi connectivity index (χ4v) is 2.08. The fraction of sp³-hybridized carbons (Fsp3) is 0.176. The lowest BCUT2D eigenvalue weighted by Crippen LogP contribution is -2.24. The van der Waals surface area contributed by atoms with Crippen LogP contribution in [-0.2, 0) is 0 Å². The molecule has 0 fully saturated rings. The van der Waals surface area contributed by atoms with Gasteiger partial charge < -0.3 is 14.8 Å². The van der Waals surface area contributed by atoms with Gasteiger partial charge in [-0.3, -0.25) is 5.43 Å². The molecule has 2 aromatic carbocycles. The number of nitrogens with zero attached hydrogens (tertiary/aromatic N) is 1. The normalized spacial score (nSPS) is 10.5. The Morgan fingerprint density at radius 2 is 2.04 bits per heavy atom. The van der Waals surface area contributed by atoms with Crippen LogP contribution in [0.3, 0.4) is 0 Å².